The van der Waals surface area contributed by atoms with Crippen molar-refractivity contribution in [1.29, 1.82) is 0 Å². The molecule has 20 heavy (non-hydrogen) atoms. The Morgan fingerprint density at radius 2 is 2.00 bits per heavy atom. The van der Waals surface area contributed by atoms with Crippen LogP contribution in [0.15, 0.2) is 12.1 Å². The van der Waals surface area contributed by atoms with Crippen LogP contribution in [0, 0.1) is 5.92 Å². The van der Waals surface area contributed by atoms with Gasteiger partial charge in [-0.3, -0.25) is 0 Å². The minimum Gasteiger partial charge on any atom is -0.502 e. The van der Waals surface area contributed by atoms with Gasteiger partial charge in [0, 0.05) is 19.2 Å². The Morgan fingerprint density at radius 3 is 2.50 bits per heavy atom. The Balaban J connectivity index is 2.01. The SMILES string of the molecule is COc1cc(CNC(C)C2CCOC2)cc(OC)c1O. The topological polar surface area (TPSA) is 60.0 Å². The fourth-order valence-electron chi connectivity index (χ4n) is 2.44. The van der Waals surface area contributed by atoms with Gasteiger partial charge in [-0.15, -0.1) is 0 Å². The van der Waals surface area contributed by atoms with Gasteiger partial charge in [-0.1, -0.05) is 0 Å². The third-order valence-electron chi connectivity index (χ3n) is 3.84. The van der Waals surface area contributed by atoms with E-state index in [0.717, 1.165) is 25.2 Å². The zero-order chi connectivity index (χ0) is 14.5. The van der Waals surface area contributed by atoms with Gasteiger partial charge in [0.2, 0.25) is 5.75 Å². The van der Waals surface area contributed by atoms with Crippen LogP contribution in [0.1, 0.15) is 18.9 Å². The average Bonchev–Trinajstić information content (AvgIpc) is 3.00. The predicted octanol–water partition coefficient (Wildman–Crippen LogP) is 1.92. The van der Waals surface area contributed by atoms with Crippen molar-refractivity contribution in [3.05, 3.63) is 17.7 Å². The van der Waals surface area contributed by atoms with Gasteiger partial charge < -0.3 is 24.6 Å². The summed E-state index contributed by atoms with van der Waals surface area (Å²) in [6.45, 7) is 4.56. The van der Waals surface area contributed by atoms with Crippen molar-refractivity contribution in [2.24, 2.45) is 5.92 Å². The Bertz CT molecular complexity index is 418. The van der Waals surface area contributed by atoms with Gasteiger partial charge in [0.15, 0.2) is 11.5 Å². The molecular formula is C15H23NO4. The second-order valence-corrected chi connectivity index (χ2v) is 5.14. The fraction of sp³-hybridized carbons (Fsp3) is 0.600. The second-order valence-electron chi connectivity index (χ2n) is 5.14. The highest BCUT2D eigenvalue weighted by molar-refractivity contribution is 5.52. The molecule has 0 radical (unpaired) electrons. The standard InChI is InChI=1S/C15H23NO4/c1-10(12-4-5-20-9-12)16-8-11-6-13(18-2)15(17)14(7-11)19-3/h6-7,10,12,16-17H,4-5,8-9H2,1-3H3. The monoisotopic (exact) mass is 281 g/mol. The molecule has 2 rings (SSSR count). The van der Waals surface area contributed by atoms with Crippen LogP contribution in [0.3, 0.4) is 0 Å². The summed E-state index contributed by atoms with van der Waals surface area (Å²) in [6.07, 6.45) is 1.11. The Morgan fingerprint density at radius 1 is 1.35 bits per heavy atom. The zero-order valence-corrected chi connectivity index (χ0v) is 12.3. The van der Waals surface area contributed by atoms with Gasteiger partial charge in [0.25, 0.3) is 0 Å². The first-order valence-electron chi connectivity index (χ1n) is 6.90. The van der Waals surface area contributed by atoms with E-state index >= 15 is 0 Å². The molecule has 5 heteroatoms. The van der Waals surface area contributed by atoms with Crippen molar-refractivity contribution in [3.8, 4) is 17.2 Å². The van der Waals surface area contributed by atoms with E-state index in [1.54, 1.807) is 0 Å². The fourth-order valence-corrected chi connectivity index (χ4v) is 2.44. The summed E-state index contributed by atoms with van der Waals surface area (Å²) in [7, 11) is 3.06. The van der Waals surface area contributed by atoms with E-state index in [-0.39, 0.29) is 5.75 Å². The summed E-state index contributed by atoms with van der Waals surface area (Å²) in [5.74, 6) is 1.46. The molecule has 0 spiro atoms. The van der Waals surface area contributed by atoms with Crippen LogP contribution in [0.5, 0.6) is 17.2 Å². The van der Waals surface area contributed by atoms with Crippen LogP contribution in [0.2, 0.25) is 0 Å². The molecule has 2 N–H and O–H groups in total. The average molecular weight is 281 g/mol. The van der Waals surface area contributed by atoms with Crippen molar-refractivity contribution in [1.82, 2.24) is 5.32 Å². The number of benzene rings is 1. The van der Waals surface area contributed by atoms with Crippen molar-refractivity contribution in [2.75, 3.05) is 27.4 Å². The van der Waals surface area contributed by atoms with Crippen molar-refractivity contribution < 1.29 is 19.3 Å². The summed E-state index contributed by atoms with van der Waals surface area (Å²) in [5.41, 5.74) is 1.02. The molecule has 0 aromatic heterocycles. The van der Waals surface area contributed by atoms with Gasteiger partial charge in [-0.05, 0) is 37.0 Å². The molecule has 5 nitrogen and oxygen atoms in total. The number of hydrogen-bond acceptors (Lipinski definition) is 5. The summed E-state index contributed by atoms with van der Waals surface area (Å²) < 4.78 is 15.7. The number of phenolic OH excluding ortho intramolecular Hbond substituents is 1. The molecular weight excluding hydrogens is 258 g/mol. The Hall–Kier alpha value is -1.46. The molecule has 0 aliphatic carbocycles. The molecule has 112 valence electrons. The molecule has 1 saturated heterocycles. The van der Waals surface area contributed by atoms with Crippen molar-refractivity contribution >= 4 is 0 Å². The van der Waals surface area contributed by atoms with Crippen LogP contribution >= 0.6 is 0 Å². The summed E-state index contributed by atoms with van der Waals surface area (Å²) >= 11 is 0. The number of ether oxygens (including phenoxy) is 3. The van der Waals surface area contributed by atoms with Crippen molar-refractivity contribution in [2.45, 2.75) is 25.9 Å². The lowest BCUT2D eigenvalue weighted by molar-refractivity contribution is 0.178. The van der Waals surface area contributed by atoms with Crippen LogP contribution < -0.4 is 14.8 Å². The highest BCUT2D eigenvalue weighted by Crippen LogP contribution is 2.37. The molecule has 0 saturated carbocycles. The molecule has 2 atom stereocenters. The normalized spacial score (nSPS) is 19.9. The van der Waals surface area contributed by atoms with Crippen LogP contribution in [-0.2, 0) is 11.3 Å². The summed E-state index contributed by atoms with van der Waals surface area (Å²) in [5, 5.41) is 13.4. The number of hydrogen-bond donors (Lipinski definition) is 2. The van der Waals surface area contributed by atoms with Crippen LogP contribution in [0.25, 0.3) is 0 Å². The lowest BCUT2D eigenvalue weighted by atomic mass is 10.0. The molecule has 0 bridgehead atoms. The maximum atomic E-state index is 9.88. The number of rotatable bonds is 6. The molecule has 1 fully saturated rings. The lowest BCUT2D eigenvalue weighted by Gasteiger charge is -2.20. The van der Waals surface area contributed by atoms with Crippen LogP contribution in [-0.4, -0.2) is 38.6 Å². The van der Waals surface area contributed by atoms with E-state index in [9.17, 15) is 5.11 Å². The van der Waals surface area contributed by atoms with Gasteiger partial charge in [-0.25, -0.2) is 0 Å². The molecule has 1 aliphatic heterocycles. The van der Waals surface area contributed by atoms with Gasteiger partial charge in [-0.2, -0.15) is 0 Å². The van der Waals surface area contributed by atoms with E-state index < -0.39 is 0 Å². The molecule has 1 aliphatic rings. The minimum atomic E-state index is 0.0380. The highest BCUT2D eigenvalue weighted by atomic mass is 16.5. The third kappa shape index (κ3) is 3.35. The molecule has 1 aromatic rings. The van der Waals surface area contributed by atoms with E-state index in [1.807, 2.05) is 12.1 Å². The highest BCUT2D eigenvalue weighted by Gasteiger charge is 2.22. The van der Waals surface area contributed by atoms with E-state index in [4.69, 9.17) is 14.2 Å². The molecule has 2 unspecified atom stereocenters. The molecule has 1 heterocycles. The number of aromatic hydroxyl groups is 1. The number of phenols is 1. The Labute approximate surface area is 119 Å². The van der Waals surface area contributed by atoms with E-state index in [1.165, 1.54) is 14.2 Å². The van der Waals surface area contributed by atoms with E-state index in [2.05, 4.69) is 12.2 Å². The first-order valence-corrected chi connectivity index (χ1v) is 6.90. The maximum absolute atomic E-state index is 9.88. The maximum Gasteiger partial charge on any atom is 0.200 e. The number of methoxy groups -OCH3 is 2. The first kappa shape index (κ1) is 14.9. The smallest absolute Gasteiger partial charge is 0.200 e. The van der Waals surface area contributed by atoms with Crippen LogP contribution in [0.4, 0.5) is 0 Å². The summed E-state index contributed by atoms with van der Waals surface area (Å²) in [6, 6.07) is 4.04. The molecule has 1 aromatic carbocycles. The predicted molar refractivity (Wildman–Crippen MR) is 76.4 cm³/mol. The second kappa shape index (κ2) is 6.81. The largest absolute Gasteiger partial charge is 0.502 e. The first-order chi connectivity index (χ1) is 9.65. The number of nitrogens with one attached hydrogen (secondary N) is 1. The quantitative estimate of drug-likeness (QED) is 0.834. The van der Waals surface area contributed by atoms with Gasteiger partial charge in [0.1, 0.15) is 0 Å². The lowest BCUT2D eigenvalue weighted by Crippen LogP contribution is -2.33. The molecule has 0 amide bonds. The third-order valence-corrected chi connectivity index (χ3v) is 3.84. The Kier molecular flexibility index (Phi) is 5.09. The summed E-state index contributed by atoms with van der Waals surface area (Å²) in [4.78, 5) is 0. The van der Waals surface area contributed by atoms with Gasteiger partial charge >= 0.3 is 0 Å². The van der Waals surface area contributed by atoms with E-state index in [0.29, 0.717) is 30.0 Å². The van der Waals surface area contributed by atoms with Gasteiger partial charge in [0.05, 0.1) is 20.8 Å². The zero-order valence-electron chi connectivity index (χ0n) is 12.3. The van der Waals surface area contributed by atoms with Crippen molar-refractivity contribution in [3.63, 3.8) is 0 Å². The minimum absolute atomic E-state index is 0.0380.